The molecule has 0 heterocycles. The maximum Gasteiger partial charge on any atom is 0.256 e. The van der Waals surface area contributed by atoms with Crippen LogP contribution in [0.1, 0.15) is 15.9 Å². The van der Waals surface area contributed by atoms with Crippen molar-refractivity contribution in [1.82, 2.24) is 0 Å². The minimum absolute atomic E-state index is 0.0458. The number of nitrogens with zero attached hydrogens (tertiary/aromatic N) is 1. The fourth-order valence-corrected chi connectivity index (χ4v) is 3.06. The van der Waals surface area contributed by atoms with Crippen LogP contribution in [0.15, 0.2) is 40.9 Å². The van der Waals surface area contributed by atoms with Gasteiger partial charge in [-0.05, 0) is 42.8 Å². The van der Waals surface area contributed by atoms with E-state index in [-0.39, 0.29) is 11.3 Å². The number of hydrogen-bond donors (Lipinski definition) is 1. The molecule has 0 saturated heterocycles. The van der Waals surface area contributed by atoms with Crippen LogP contribution in [0.4, 0.5) is 15.8 Å². The lowest BCUT2D eigenvalue weighted by atomic mass is 10.1. The van der Waals surface area contributed by atoms with Crippen molar-refractivity contribution in [3.63, 3.8) is 0 Å². The summed E-state index contributed by atoms with van der Waals surface area (Å²) in [6, 6.07) is 9.04. The molecule has 0 aliphatic rings. The van der Waals surface area contributed by atoms with Gasteiger partial charge in [-0.15, -0.1) is 0 Å². The van der Waals surface area contributed by atoms with Crippen LogP contribution < -0.4 is 9.62 Å². The second-order valence-corrected chi connectivity index (χ2v) is 8.19. The molecule has 0 atom stereocenters. The summed E-state index contributed by atoms with van der Waals surface area (Å²) >= 11 is 3.15. The third kappa shape index (κ3) is 3.93. The summed E-state index contributed by atoms with van der Waals surface area (Å²) in [5.74, 6) is -1.09. The van der Waals surface area contributed by atoms with E-state index in [1.54, 1.807) is 31.2 Å². The van der Waals surface area contributed by atoms with Gasteiger partial charge in [-0.3, -0.25) is 9.10 Å². The van der Waals surface area contributed by atoms with Crippen molar-refractivity contribution < 1.29 is 17.6 Å². The molecule has 1 N–H and O–H groups in total. The zero-order chi connectivity index (χ0) is 18.1. The standard InChI is InChI=1S/C16H16BrFN2O3S/c1-10-12(5-4-6-15(10)20(2)24(3,22)23)16(21)19-14-8-7-11(17)9-13(14)18/h4-9H,1-3H3,(H,19,21). The van der Waals surface area contributed by atoms with Crippen LogP contribution in [-0.4, -0.2) is 27.6 Å². The van der Waals surface area contributed by atoms with E-state index in [1.807, 2.05) is 0 Å². The van der Waals surface area contributed by atoms with E-state index >= 15 is 0 Å². The predicted molar refractivity (Wildman–Crippen MR) is 96.5 cm³/mol. The smallest absolute Gasteiger partial charge is 0.256 e. The van der Waals surface area contributed by atoms with Crippen molar-refractivity contribution in [3.8, 4) is 0 Å². The van der Waals surface area contributed by atoms with Crippen LogP contribution in [0.2, 0.25) is 0 Å². The van der Waals surface area contributed by atoms with Crippen molar-refractivity contribution in [2.45, 2.75) is 6.92 Å². The van der Waals surface area contributed by atoms with Gasteiger partial charge in [0.2, 0.25) is 10.0 Å². The number of nitrogens with one attached hydrogen (secondary N) is 1. The van der Waals surface area contributed by atoms with Gasteiger partial charge in [-0.1, -0.05) is 22.0 Å². The Morgan fingerprint density at radius 3 is 2.50 bits per heavy atom. The number of carbonyl (C=O) groups is 1. The van der Waals surface area contributed by atoms with Gasteiger partial charge < -0.3 is 5.32 Å². The van der Waals surface area contributed by atoms with Crippen molar-refractivity contribution in [2.75, 3.05) is 22.9 Å². The highest BCUT2D eigenvalue weighted by Crippen LogP contribution is 2.25. The minimum atomic E-state index is -3.45. The zero-order valence-electron chi connectivity index (χ0n) is 13.3. The van der Waals surface area contributed by atoms with Crippen LogP contribution in [0.5, 0.6) is 0 Å². The molecule has 1 amide bonds. The lowest BCUT2D eigenvalue weighted by molar-refractivity contribution is 0.102. The summed E-state index contributed by atoms with van der Waals surface area (Å²) in [6.07, 6.45) is 1.08. The Hall–Kier alpha value is -1.93. The first-order chi connectivity index (χ1) is 11.1. The van der Waals surface area contributed by atoms with E-state index in [1.165, 1.54) is 19.2 Å². The topological polar surface area (TPSA) is 66.5 Å². The molecule has 2 aromatic carbocycles. The molecule has 2 aromatic rings. The first kappa shape index (κ1) is 18.4. The summed E-state index contributed by atoms with van der Waals surface area (Å²) in [5, 5.41) is 2.50. The summed E-state index contributed by atoms with van der Waals surface area (Å²) in [4.78, 5) is 12.4. The fraction of sp³-hybridized carbons (Fsp3) is 0.188. The molecular formula is C16H16BrFN2O3S. The monoisotopic (exact) mass is 414 g/mol. The van der Waals surface area contributed by atoms with Crippen molar-refractivity contribution in [3.05, 3.63) is 57.8 Å². The summed E-state index contributed by atoms with van der Waals surface area (Å²) in [7, 11) is -2.04. The van der Waals surface area contributed by atoms with Crippen LogP contribution >= 0.6 is 15.9 Å². The van der Waals surface area contributed by atoms with Gasteiger partial charge in [-0.25, -0.2) is 12.8 Å². The molecule has 8 heteroatoms. The van der Waals surface area contributed by atoms with E-state index in [0.29, 0.717) is 15.7 Å². The Bertz CT molecular complexity index is 900. The van der Waals surface area contributed by atoms with E-state index < -0.39 is 21.7 Å². The molecule has 0 unspecified atom stereocenters. The number of anilines is 2. The average molecular weight is 415 g/mol. The van der Waals surface area contributed by atoms with Gasteiger partial charge in [0.05, 0.1) is 17.6 Å². The molecular weight excluding hydrogens is 399 g/mol. The van der Waals surface area contributed by atoms with Gasteiger partial charge in [0.1, 0.15) is 5.82 Å². The first-order valence-corrected chi connectivity index (χ1v) is 9.55. The molecule has 0 aromatic heterocycles. The first-order valence-electron chi connectivity index (χ1n) is 6.91. The van der Waals surface area contributed by atoms with Crippen LogP contribution in [0.3, 0.4) is 0 Å². The highest BCUT2D eigenvalue weighted by molar-refractivity contribution is 9.10. The minimum Gasteiger partial charge on any atom is -0.319 e. The lowest BCUT2D eigenvalue weighted by Gasteiger charge is -2.20. The third-order valence-electron chi connectivity index (χ3n) is 3.57. The van der Waals surface area contributed by atoms with E-state index in [2.05, 4.69) is 21.2 Å². The lowest BCUT2D eigenvalue weighted by Crippen LogP contribution is -2.26. The van der Waals surface area contributed by atoms with E-state index in [0.717, 1.165) is 10.6 Å². The number of amides is 1. The summed E-state index contributed by atoms with van der Waals surface area (Å²) in [6.45, 7) is 1.64. The fourth-order valence-electron chi connectivity index (χ4n) is 2.17. The SMILES string of the molecule is Cc1c(C(=O)Nc2ccc(Br)cc2F)cccc1N(C)S(C)(=O)=O. The zero-order valence-corrected chi connectivity index (χ0v) is 15.7. The average Bonchev–Trinajstić information content (AvgIpc) is 2.48. The number of rotatable bonds is 4. The van der Waals surface area contributed by atoms with Crippen molar-refractivity contribution >= 4 is 43.2 Å². The Morgan fingerprint density at radius 2 is 1.92 bits per heavy atom. The third-order valence-corrected chi connectivity index (χ3v) is 5.25. The van der Waals surface area contributed by atoms with Crippen LogP contribution in [0.25, 0.3) is 0 Å². The van der Waals surface area contributed by atoms with Gasteiger partial charge in [0.25, 0.3) is 5.91 Å². The van der Waals surface area contributed by atoms with Crippen LogP contribution in [-0.2, 0) is 10.0 Å². The van der Waals surface area contributed by atoms with Crippen LogP contribution in [0, 0.1) is 12.7 Å². The number of benzene rings is 2. The Kier molecular flexibility index (Phi) is 5.29. The number of halogens is 2. The molecule has 0 fully saturated rings. The summed E-state index contributed by atoms with van der Waals surface area (Å²) in [5.41, 5.74) is 1.19. The predicted octanol–water partition coefficient (Wildman–Crippen LogP) is 3.54. The molecule has 5 nitrogen and oxygen atoms in total. The van der Waals surface area contributed by atoms with E-state index in [9.17, 15) is 17.6 Å². The molecule has 0 aliphatic heterocycles. The number of sulfonamides is 1. The Balaban J connectivity index is 2.37. The molecule has 0 aliphatic carbocycles. The van der Waals surface area contributed by atoms with Gasteiger partial charge in [-0.2, -0.15) is 0 Å². The van der Waals surface area contributed by atoms with Gasteiger partial charge >= 0.3 is 0 Å². The summed E-state index contributed by atoms with van der Waals surface area (Å²) < 4.78 is 38.9. The highest BCUT2D eigenvalue weighted by atomic mass is 79.9. The molecule has 0 spiro atoms. The number of carbonyl (C=O) groups excluding carboxylic acids is 1. The largest absolute Gasteiger partial charge is 0.319 e. The van der Waals surface area contributed by atoms with Crippen molar-refractivity contribution in [1.29, 1.82) is 0 Å². The molecule has 0 bridgehead atoms. The van der Waals surface area contributed by atoms with E-state index in [4.69, 9.17) is 0 Å². The molecule has 0 radical (unpaired) electrons. The normalized spacial score (nSPS) is 11.2. The number of hydrogen-bond acceptors (Lipinski definition) is 3. The molecule has 0 saturated carbocycles. The Morgan fingerprint density at radius 1 is 1.25 bits per heavy atom. The maximum absolute atomic E-state index is 13.9. The second kappa shape index (κ2) is 6.90. The van der Waals surface area contributed by atoms with Gasteiger partial charge in [0.15, 0.2) is 0 Å². The highest BCUT2D eigenvalue weighted by Gasteiger charge is 2.19. The molecule has 128 valence electrons. The van der Waals surface area contributed by atoms with Gasteiger partial charge in [0, 0.05) is 17.1 Å². The maximum atomic E-state index is 13.9. The Labute approximate surface area is 148 Å². The van der Waals surface area contributed by atoms with Crippen molar-refractivity contribution in [2.24, 2.45) is 0 Å². The molecule has 2 rings (SSSR count). The molecule has 24 heavy (non-hydrogen) atoms. The second-order valence-electron chi connectivity index (χ2n) is 5.26. The quantitative estimate of drug-likeness (QED) is 0.831.